The molecule has 0 unspecified atom stereocenters. The summed E-state index contributed by atoms with van der Waals surface area (Å²) in [4.78, 5) is 40.8. The maximum Gasteiger partial charge on any atom is 0.245 e. The number of benzene rings is 2. The van der Waals surface area contributed by atoms with Crippen LogP contribution in [0.25, 0.3) is 0 Å². The molecule has 1 saturated heterocycles. The van der Waals surface area contributed by atoms with Gasteiger partial charge in [-0.05, 0) is 68.4 Å². The van der Waals surface area contributed by atoms with Gasteiger partial charge in [0.15, 0.2) is 1.41 Å². The van der Waals surface area contributed by atoms with E-state index in [0.29, 0.717) is 46.7 Å². The molecule has 14 heteroatoms. The van der Waals surface area contributed by atoms with Crippen LogP contribution in [-0.4, -0.2) is 69.2 Å². The predicted molar refractivity (Wildman–Crippen MR) is 166 cm³/mol. The third-order valence-corrected chi connectivity index (χ3v) is 9.21. The molecule has 0 spiro atoms. The Kier molecular flexibility index (Phi) is 11.9. The lowest BCUT2D eigenvalue weighted by Crippen LogP contribution is -2.56. The molecule has 2 atom stereocenters. The molecule has 0 aromatic heterocycles. The predicted octanol–water partition coefficient (Wildman–Crippen LogP) is 1.59. The fourth-order valence-electron chi connectivity index (χ4n) is 5.13. The molecule has 3 amide bonds. The van der Waals surface area contributed by atoms with Crippen molar-refractivity contribution in [2.45, 2.75) is 69.9 Å². The molecule has 2 aromatic carbocycles. The van der Waals surface area contributed by atoms with Crippen molar-refractivity contribution in [3.8, 4) is 5.75 Å². The maximum absolute atomic E-state index is 13.6. The first-order valence-corrected chi connectivity index (χ1v) is 15.2. The molecule has 0 aliphatic carbocycles. The molecule has 2 aromatic rings. The number of rotatable bonds is 12. The number of carbonyl (C=O) groups excluding carboxylic acids is 3. The summed E-state index contributed by atoms with van der Waals surface area (Å²) >= 11 is 0. The average molecular weight is 638 g/mol. The van der Waals surface area contributed by atoms with Crippen LogP contribution in [0.5, 0.6) is 5.75 Å². The highest BCUT2D eigenvalue weighted by molar-refractivity contribution is 7.89. The summed E-state index contributed by atoms with van der Waals surface area (Å²) in [5.74, 6) is -1.67. The number of primary amides is 1. The molecular formula is C29H41ClN6O6S. The Morgan fingerprint density at radius 3 is 2.26 bits per heavy atom. The van der Waals surface area contributed by atoms with Gasteiger partial charge in [0.2, 0.25) is 27.7 Å². The van der Waals surface area contributed by atoms with Crippen LogP contribution in [0, 0.1) is 26.2 Å². The van der Waals surface area contributed by atoms with E-state index < -0.39 is 40.3 Å². The molecule has 0 radical (unpaired) electrons. The molecule has 7 N–H and O–H groups in total. The number of sulfonamides is 1. The first kappa shape index (κ1) is 33.8. The Labute approximate surface area is 260 Å². The van der Waals surface area contributed by atoms with E-state index in [1.165, 1.54) is 7.11 Å². The summed E-state index contributed by atoms with van der Waals surface area (Å²) in [5, 5.41) is 10.4. The van der Waals surface area contributed by atoms with Crippen LogP contribution < -0.4 is 26.2 Å². The molecule has 1 aliphatic heterocycles. The number of nitrogens with two attached hydrogens (primary N) is 2. The summed E-state index contributed by atoms with van der Waals surface area (Å²) in [6, 6.07) is 5.56. The molecular weight excluding hydrogens is 596 g/mol. The van der Waals surface area contributed by atoms with Crippen molar-refractivity contribution in [1.29, 1.82) is 5.41 Å². The van der Waals surface area contributed by atoms with Crippen molar-refractivity contribution in [2.75, 3.05) is 20.2 Å². The van der Waals surface area contributed by atoms with Gasteiger partial charge in [-0.25, -0.2) is 8.42 Å². The van der Waals surface area contributed by atoms with E-state index in [1.807, 2.05) is 5.73 Å². The van der Waals surface area contributed by atoms with Crippen molar-refractivity contribution in [3.63, 3.8) is 0 Å². The summed E-state index contributed by atoms with van der Waals surface area (Å²) < 4.78 is 42.0. The van der Waals surface area contributed by atoms with Crippen LogP contribution in [0.3, 0.4) is 0 Å². The van der Waals surface area contributed by atoms with Crippen LogP contribution in [0.2, 0.25) is 1.41 Å². The van der Waals surface area contributed by atoms with Crippen molar-refractivity contribution in [2.24, 2.45) is 11.5 Å². The molecule has 236 valence electrons. The Hall–Kier alpha value is -3.68. The summed E-state index contributed by atoms with van der Waals surface area (Å²) in [6.07, 6.45) is 2.10. The number of likely N-dealkylation sites (tertiary alicyclic amines) is 1. The number of hydrogen-bond acceptors (Lipinski definition) is 7. The molecule has 1 aliphatic rings. The number of carbonyl (C=O) groups is 3. The lowest BCUT2D eigenvalue weighted by atomic mass is 10.0. The summed E-state index contributed by atoms with van der Waals surface area (Å²) in [6.45, 7) is 6.01. The van der Waals surface area contributed by atoms with Gasteiger partial charge in [-0.3, -0.25) is 19.8 Å². The standard InChI is InChI=1S/C29H40N6O6S.ClH/c1-17-14-24(41-4)18(2)19(3)26(17)42(39,40)34-22(16-25(30)36)28(37)33-23(29(38)35-12-6-5-7-13-35)15-20-8-10-21(11-9-20)27(31)32;/h8-11,14,22-23,34H,5-7,12-13,15-16H2,1-4H3,(H2,30,36)(H3,31,32)(H,33,37);1H/t22-,23-;/m0./s1/i/hD. The molecule has 1 heterocycles. The average Bonchev–Trinajstić information content (AvgIpc) is 2.97. The van der Waals surface area contributed by atoms with E-state index in [4.69, 9.17) is 17.3 Å². The van der Waals surface area contributed by atoms with E-state index in [1.54, 1.807) is 56.0 Å². The van der Waals surface area contributed by atoms with Crippen molar-refractivity contribution in [1.82, 2.24) is 14.9 Å². The number of nitrogen functional groups attached to an aromatic ring is 1. The number of nitrogens with zero attached hydrogens (tertiary/aromatic N) is 1. The van der Waals surface area contributed by atoms with Gasteiger partial charge < -0.3 is 26.4 Å². The van der Waals surface area contributed by atoms with Gasteiger partial charge in [0, 0.05) is 25.1 Å². The number of amides is 3. The number of nitrogens with one attached hydrogen (secondary N) is 3. The number of hydrogen-bond donors (Lipinski definition) is 5. The number of aryl methyl sites for hydroxylation is 1. The molecule has 0 bridgehead atoms. The Bertz CT molecular complexity index is 1480. The Balaban J connectivity index is 0.00000675. The van der Waals surface area contributed by atoms with E-state index >= 15 is 0 Å². The zero-order valence-corrected chi connectivity index (χ0v) is 26.4. The van der Waals surface area contributed by atoms with Gasteiger partial charge in [0.05, 0.1) is 18.4 Å². The van der Waals surface area contributed by atoms with E-state index in [-0.39, 0.29) is 35.5 Å². The van der Waals surface area contributed by atoms with Crippen LogP contribution in [0.15, 0.2) is 35.2 Å². The highest BCUT2D eigenvalue weighted by Gasteiger charge is 2.34. The maximum atomic E-state index is 13.6. The monoisotopic (exact) mass is 637 g/mol. The van der Waals surface area contributed by atoms with Crippen molar-refractivity contribution >= 4 is 46.0 Å². The van der Waals surface area contributed by atoms with Gasteiger partial charge in [0.1, 0.15) is 23.7 Å². The first-order valence-electron chi connectivity index (χ1n) is 14.2. The zero-order valence-electron chi connectivity index (χ0n) is 25.8. The number of halogens is 1. The van der Waals surface area contributed by atoms with Gasteiger partial charge in [-0.2, -0.15) is 4.72 Å². The molecule has 1 fully saturated rings. The summed E-state index contributed by atoms with van der Waals surface area (Å²) in [5.41, 5.74) is 9.99. The van der Waals surface area contributed by atoms with Crippen LogP contribution >= 0.6 is 12.4 Å². The third-order valence-electron chi connectivity index (χ3n) is 7.45. The molecule has 43 heavy (non-hydrogen) atoms. The van der Waals surface area contributed by atoms with E-state index in [2.05, 4.69) is 10.0 Å². The third kappa shape index (κ3) is 8.91. The number of ether oxygens (including phenoxy) is 1. The van der Waals surface area contributed by atoms with Crippen LogP contribution in [0.4, 0.5) is 0 Å². The first-order chi connectivity index (χ1) is 20.3. The molecule has 12 nitrogen and oxygen atoms in total. The Morgan fingerprint density at radius 2 is 1.70 bits per heavy atom. The molecule has 3 rings (SSSR count). The summed E-state index contributed by atoms with van der Waals surface area (Å²) in [7, 11) is -2.84. The van der Waals surface area contributed by atoms with Gasteiger partial charge in [0.25, 0.3) is 0 Å². The largest absolute Gasteiger partial charge is 0.496 e. The second-order valence-corrected chi connectivity index (χ2v) is 12.2. The minimum Gasteiger partial charge on any atom is -0.496 e. The number of methoxy groups -OCH3 is 1. The Morgan fingerprint density at radius 1 is 1.07 bits per heavy atom. The SMILES string of the molecule is Cl.[2H]NC(=N)c1ccc(C[C@H](NC(=O)[C@H](CC(N)=O)NS(=O)(=O)c2c(C)cc(OC)c(C)c2C)C(=O)N2CCCCC2)cc1. The van der Waals surface area contributed by atoms with E-state index in [9.17, 15) is 22.8 Å². The minimum absolute atomic E-state index is 0. The smallest absolute Gasteiger partial charge is 0.245 e. The van der Waals surface area contributed by atoms with Gasteiger partial charge in [-0.15, -0.1) is 12.4 Å². The fourth-order valence-corrected chi connectivity index (χ4v) is 6.85. The zero-order chi connectivity index (χ0) is 31.9. The quantitative estimate of drug-likeness (QED) is 0.172. The van der Waals surface area contributed by atoms with Crippen molar-refractivity contribution in [3.05, 3.63) is 58.1 Å². The fraction of sp³-hybridized carbons (Fsp3) is 0.448. The van der Waals surface area contributed by atoms with Gasteiger partial charge in [-0.1, -0.05) is 24.3 Å². The lowest BCUT2D eigenvalue weighted by molar-refractivity contribution is -0.137. The van der Waals surface area contributed by atoms with Gasteiger partial charge >= 0.3 is 0 Å². The highest BCUT2D eigenvalue weighted by Crippen LogP contribution is 2.30. The van der Waals surface area contributed by atoms with E-state index in [0.717, 1.165) is 19.3 Å². The van der Waals surface area contributed by atoms with Crippen molar-refractivity contribution < 1.29 is 29.0 Å². The second kappa shape index (κ2) is 15.2. The van der Waals surface area contributed by atoms with Crippen LogP contribution in [-0.2, 0) is 30.8 Å². The highest BCUT2D eigenvalue weighted by atomic mass is 35.5. The second-order valence-electron chi connectivity index (χ2n) is 10.5. The molecule has 0 saturated carbocycles. The normalized spacial score (nSPS) is 14.9. The minimum atomic E-state index is -4.32. The number of piperidine rings is 1. The van der Waals surface area contributed by atoms with Crippen LogP contribution in [0.1, 0.15) is 53.5 Å². The topological polar surface area (TPSA) is 198 Å². The lowest BCUT2D eigenvalue weighted by Gasteiger charge is -2.31. The number of amidine groups is 1.